The molecule has 0 fully saturated rings. The van der Waals surface area contributed by atoms with E-state index in [1.807, 2.05) is 12.1 Å². The number of ether oxygens (including phenoxy) is 2. The molecular weight excluding hydrogens is 475 g/mol. The summed E-state index contributed by atoms with van der Waals surface area (Å²) in [5.41, 5.74) is 3.04. The van der Waals surface area contributed by atoms with Crippen molar-refractivity contribution in [2.24, 2.45) is 11.3 Å². The van der Waals surface area contributed by atoms with E-state index >= 15 is 0 Å². The van der Waals surface area contributed by atoms with E-state index in [1.54, 1.807) is 44.8 Å². The number of aromatic nitrogens is 2. The van der Waals surface area contributed by atoms with Gasteiger partial charge in [0.25, 0.3) is 0 Å². The summed E-state index contributed by atoms with van der Waals surface area (Å²) >= 11 is 0. The summed E-state index contributed by atoms with van der Waals surface area (Å²) in [6, 6.07) is 9.04. The first kappa shape index (κ1) is 26.7. The Balaban J connectivity index is 1.69. The fraction of sp³-hybridized carbons (Fsp3) is 0.320. The van der Waals surface area contributed by atoms with Crippen molar-refractivity contribution in [3.63, 3.8) is 0 Å². The first-order valence-electron chi connectivity index (χ1n) is 11.0. The Morgan fingerprint density at radius 3 is 2.33 bits per heavy atom. The van der Waals surface area contributed by atoms with E-state index in [9.17, 15) is 18.0 Å². The van der Waals surface area contributed by atoms with E-state index in [1.165, 1.54) is 6.08 Å². The molecule has 0 bridgehead atoms. The largest absolute Gasteiger partial charge is 0.493 e. The summed E-state index contributed by atoms with van der Waals surface area (Å²) in [4.78, 5) is 21.3. The van der Waals surface area contributed by atoms with E-state index in [-0.39, 0.29) is 18.7 Å². The van der Waals surface area contributed by atoms with Crippen molar-refractivity contribution in [1.29, 1.82) is 0 Å². The lowest BCUT2D eigenvalue weighted by Gasteiger charge is -2.26. The molecule has 3 rings (SSSR count). The summed E-state index contributed by atoms with van der Waals surface area (Å²) in [5.74, 6) is 6.07. The standard InChI is InChI=1S/C25H28F3N5O3/c1-24(2,25(26,27)28)8-7-22(33-29)32-23(34)9-15-5-6-18(30-13-15)17-10-16-11-20(35-3)21(36-4)12-19(16)31-14-17/h5-7,10-14,33H,8-9,29H2,1-4H3,(H,32,34)/b22-7-. The summed E-state index contributed by atoms with van der Waals surface area (Å²) in [6.07, 6.45) is -0.327. The van der Waals surface area contributed by atoms with Gasteiger partial charge in [-0.25, -0.2) is 5.84 Å². The van der Waals surface area contributed by atoms with Crippen LogP contribution in [0.5, 0.6) is 11.5 Å². The van der Waals surface area contributed by atoms with Crippen LogP contribution in [0.15, 0.2) is 54.6 Å². The minimum atomic E-state index is -4.39. The van der Waals surface area contributed by atoms with Crippen molar-refractivity contribution < 1.29 is 27.4 Å². The highest BCUT2D eigenvalue weighted by atomic mass is 19.4. The van der Waals surface area contributed by atoms with E-state index in [0.717, 1.165) is 30.3 Å². The third-order valence-corrected chi connectivity index (χ3v) is 5.69. The Hall–Kier alpha value is -3.86. The number of hydrogen-bond donors (Lipinski definition) is 3. The highest BCUT2D eigenvalue weighted by molar-refractivity contribution is 5.86. The molecule has 0 aliphatic heterocycles. The number of fused-ring (bicyclic) bond motifs is 1. The number of hydrazine groups is 1. The lowest BCUT2D eigenvalue weighted by molar-refractivity contribution is -0.210. The number of benzene rings is 1. The smallest absolute Gasteiger partial charge is 0.394 e. The fourth-order valence-electron chi connectivity index (χ4n) is 3.29. The number of nitrogens with two attached hydrogens (primary N) is 1. The van der Waals surface area contributed by atoms with Gasteiger partial charge in [0, 0.05) is 29.4 Å². The number of nitrogens with zero attached hydrogens (tertiary/aromatic N) is 2. The molecule has 0 saturated heterocycles. The maximum Gasteiger partial charge on any atom is 0.394 e. The van der Waals surface area contributed by atoms with Gasteiger partial charge in [0.15, 0.2) is 11.5 Å². The number of halogens is 3. The Bertz CT molecular complexity index is 1260. The summed E-state index contributed by atoms with van der Waals surface area (Å²) < 4.78 is 49.8. The Morgan fingerprint density at radius 2 is 1.75 bits per heavy atom. The van der Waals surface area contributed by atoms with Crippen LogP contribution < -0.4 is 26.1 Å². The maximum atomic E-state index is 13.0. The Morgan fingerprint density at radius 1 is 1.06 bits per heavy atom. The second-order valence-corrected chi connectivity index (χ2v) is 8.75. The summed E-state index contributed by atoms with van der Waals surface area (Å²) in [7, 11) is 3.12. The molecule has 0 saturated carbocycles. The zero-order chi connectivity index (χ0) is 26.5. The van der Waals surface area contributed by atoms with Gasteiger partial charge in [-0.3, -0.25) is 14.8 Å². The van der Waals surface area contributed by atoms with Crippen molar-refractivity contribution in [3.8, 4) is 22.8 Å². The SMILES string of the molecule is COc1cc2cc(-c3ccc(CC(=O)N/C(=C/CC(C)(C)C(F)(F)F)NN)cn3)cnc2cc1OC. The molecule has 2 aromatic heterocycles. The molecule has 3 aromatic rings. The van der Waals surface area contributed by atoms with Crippen LogP contribution in [0.1, 0.15) is 25.8 Å². The van der Waals surface area contributed by atoms with Gasteiger partial charge < -0.3 is 20.2 Å². The molecule has 0 aliphatic carbocycles. The number of rotatable bonds is 9. The lowest BCUT2D eigenvalue weighted by Crippen LogP contribution is -2.37. The van der Waals surface area contributed by atoms with Crippen molar-refractivity contribution in [2.75, 3.05) is 14.2 Å². The Kier molecular flexibility index (Phi) is 8.03. The van der Waals surface area contributed by atoms with E-state index < -0.39 is 17.5 Å². The zero-order valence-electron chi connectivity index (χ0n) is 20.4. The molecule has 4 N–H and O–H groups in total. The van der Waals surface area contributed by atoms with Gasteiger partial charge in [-0.2, -0.15) is 13.2 Å². The molecule has 0 radical (unpaired) electrons. The van der Waals surface area contributed by atoms with E-state index in [4.69, 9.17) is 15.3 Å². The molecule has 0 aliphatic rings. The molecule has 1 aromatic carbocycles. The molecule has 0 atom stereocenters. The van der Waals surface area contributed by atoms with Crippen LogP contribution in [-0.2, 0) is 11.2 Å². The van der Waals surface area contributed by atoms with Crippen LogP contribution in [-0.4, -0.2) is 36.3 Å². The van der Waals surface area contributed by atoms with Gasteiger partial charge in [-0.1, -0.05) is 19.9 Å². The van der Waals surface area contributed by atoms with Crippen molar-refractivity contribution in [1.82, 2.24) is 20.7 Å². The molecule has 36 heavy (non-hydrogen) atoms. The van der Waals surface area contributed by atoms with Gasteiger partial charge in [0.1, 0.15) is 5.82 Å². The zero-order valence-corrected chi connectivity index (χ0v) is 20.4. The molecule has 11 heteroatoms. The third kappa shape index (κ3) is 6.22. The first-order valence-corrected chi connectivity index (χ1v) is 11.0. The second kappa shape index (κ2) is 10.8. The Labute approximate surface area is 206 Å². The number of methoxy groups -OCH3 is 2. The van der Waals surface area contributed by atoms with Crippen LogP contribution in [0.25, 0.3) is 22.2 Å². The molecule has 0 unspecified atom stereocenters. The van der Waals surface area contributed by atoms with Crippen LogP contribution in [0.2, 0.25) is 0 Å². The summed E-state index contributed by atoms with van der Waals surface area (Å²) in [6.45, 7) is 2.15. The third-order valence-electron chi connectivity index (χ3n) is 5.69. The first-order chi connectivity index (χ1) is 17.0. The number of pyridine rings is 2. The van der Waals surface area contributed by atoms with E-state index in [2.05, 4.69) is 20.7 Å². The van der Waals surface area contributed by atoms with Gasteiger partial charge in [0.05, 0.1) is 37.3 Å². The van der Waals surface area contributed by atoms with Crippen molar-refractivity contribution in [3.05, 3.63) is 60.2 Å². The van der Waals surface area contributed by atoms with Crippen LogP contribution in [0.3, 0.4) is 0 Å². The topological polar surface area (TPSA) is 111 Å². The summed E-state index contributed by atoms with van der Waals surface area (Å²) in [5, 5.41) is 3.33. The second-order valence-electron chi connectivity index (χ2n) is 8.75. The molecule has 192 valence electrons. The highest BCUT2D eigenvalue weighted by Gasteiger charge is 2.46. The van der Waals surface area contributed by atoms with Gasteiger partial charge in [0.2, 0.25) is 5.91 Å². The van der Waals surface area contributed by atoms with Crippen molar-refractivity contribution >= 4 is 16.8 Å². The predicted octanol–water partition coefficient (Wildman–Crippen LogP) is 4.26. The molecular formula is C25H28F3N5O3. The normalized spacial score (nSPS) is 12.4. The number of carbonyl (C=O) groups is 1. The van der Waals surface area contributed by atoms with Gasteiger partial charge in [-0.05, 0) is 36.3 Å². The van der Waals surface area contributed by atoms with Crippen LogP contribution in [0, 0.1) is 5.41 Å². The monoisotopic (exact) mass is 503 g/mol. The van der Waals surface area contributed by atoms with Crippen molar-refractivity contribution in [2.45, 2.75) is 32.9 Å². The van der Waals surface area contributed by atoms with Gasteiger partial charge in [-0.15, -0.1) is 0 Å². The average molecular weight is 504 g/mol. The highest BCUT2D eigenvalue weighted by Crippen LogP contribution is 2.40. The number of alkyl halides is 3. The van der Waals surface area contributed by atoms with E-state index in [0.29, 0.717) is 22.8 Å². The predicted molar refractivity (Wildman–Crippen MR) is 130 cm³/mol. The molecule has 2 heterocycles. The molecule has 1 amide bonds. The number of allylic oxidation sites excluding steroid dienone is 1. The quantitative estimate of drug-likeness (QED) is 0.296. The number of hydrogen-bond acceptors (Lipinski definition) is 7. The average Bonchev–Trinajstić information content (AvgIpc) is 2.85. The maximum absolute atomic E-state index is 13.0. The lowest BCUT2D eigenvalue weighted by atomic mass is 9.88. The van der Waals surface area contributed by atoms with Crippen LogP contribution in [0.4, 0.5) is 13.2 Å². The van der Waals surface area contributed by atoms with Crippen LogP contribution >= 0.6 is 0 Å². The number of carbonyl (C=O) groups excluding carboxylic acids is 1. The minimum Gasteiger partial charge on any atom is -0.493 e. The number of nitrogens with one attached hydrogen (secondary N) is 2. The molecule has 0 spiro atoms. The molecule has 8 nitrogen and oxygen atoms in total. The number of amides is 1. The minimum absolute atomic E-state index is 0.00352. The van der Waals surface area contributed by atoms with Gasteiger partial charge >= 0.3 is 6.18 Å². The fourth-order valence-corrected chi connectivity index (χ4v) is 3.29.